The minimum Gasteiger partial charge on any atom is -0.0877 e. The third kappa shape index (κ3) is 4.22. The molecule has 0 aliphatic heterocycles. The van der Waals surface area contributed by atoms with E-state index in [2.05, 4.69) is 65.0 Å². The van der Waals surface area contributed by atoms with Gasteiger partial charge in [-0.1, -0.05) is 77.8 Å². The monoisotopic (exact) mass is 284 g/mol. The van der Waals surface area contributed by atoms with Crippen LogP contribution in [0.5, 0.6) is 0 Å². The molecular formula is C21H32. The van der Waals surface area contributed by atoms with Crippen LogP contribution in [0.1, 0.15) is 82.9 Å². The van der Waals surface area contributed by atoms with E-state index >= 15 is 0 Å². The molecule has 1 aliphatic carbocycles. The van der Waals surface area contributed by atoms with Crippen LogP contribution in [0.25, 0.3) is 0 Å². The number of unbranched alkanes of at least 4 members (excludes halogenated alkanes) is 2. The molecule has 0 bridgehead atoms. The fourth-order valence-electron chi connectivity index (χ4n) is 3.09. The van der Waals surface area contributed by atoms with Crippen LogP contribution in [-0.4, -0.2) is 0 Å². The first-order valence-electron chi connectivity index (χ1n) is 8.80. The summed E-state index contributed by atoms with van der Waals surface area (Å²) in [7, 11) is 0. The van der Waals surface area contributed by atoms with Crippen LogP contribution in [0.15, 0.2) is 30.4 Å². The lowest BCUT2D eigenvalue weighted by molar-refractivity contribution is 0.660. The molecule has 0 heterocycles. The molecule has 0 amide bonds. The Balaban J connectivity index is 2.22. The maximum atomic E-state index is 2.47. The number of rotatable bonds is 7. The molecule has 0 saturated heterocycles. The van der Waals surface area contributed by atoms with Crippen molar-refractivity contribution in [2.75, 3.05) is 0 Å². The highest BCUT2D eigenvalue weighted by atomic mass is 14.4. The van der Waals surface area contributed by atoms with Gasteiger partial charge in [0.1, 0.15) is 0 Å². The smallest absolute Gasteiger partial charge is 0.00755 e. The molecule has 0 N–H and O–H groups in total. The van der Waals surface area contributed by atoms with Crippen molar-refractivity contribution in [1.82, 2.24) is 0 Å². The van der Waals surface area contributed by atoms with Crippen molar-refractivity contribution in [3.05, 3.63) is 47.0 Å². The number of benzene rings is 1. The number of allylic oxidation sites excluding steroid dienone is 2. The summed E-state index contributed by atoms with van der Waals surface area (Å²) in [5.41, 5.74) is 4.71. The lowest BCUT2D eigenvalue weighted by atomic mass is 9.81. The largest absolute Gasteiger partial charge is 0.0877 e. The first-order chi connectivity index (χ1) is 9.97. The van der Waals surface area contributed by atoms with E-state index in [1.165, 1.54) is 36.8 Å². The number of hydrogen-bond donors (Lipinski definition) is 0. The van der Waals surface area contributed by atoms with Crippen molar-refractivity contribution < 1.29 is 0 Å². The van der Waals surface area contributed by atoms with Crippen molar-refractivity contribution in [1.29, 1.82) is 0 Å². The van der Waals surface area contributed by atoms with E-state index in [9.17, 15) is 0 Å². The lowest BCUT2D eigenvalue weighted by Gasteiger charge is -2.23. The normalized spacial score (nSPS) is 22.0. The number of hydrogen-bond acceptors (Lipinski definition) is 0. The second-order valence-electron chi connectivity index (χ2n) is 7.40. The molecular weight excluding hydrogens is 252 g/mol. The van der Waals surface area contributed by atoms with Gasteiger partial charge in [0, 0.05) is 5.41 Å². The third-order valence-corrected chi connectivity index (χ3v) is 4.96. The van der Waals surface area contributed by atoms with Gasteiger partial charge in [0.15, 0.2) is 0 Å². The second-order valence-corrected chi connectivity index (χ2v) is 7.40. The molecule has 1 aliphatic rings. The van der Waals surface area contributed by atoms with E-state index in [0.717, 1.165) is 18.3 Å². The topological polar surface area (TPSA) is 0 Å². The number of aryl methyl sites for hydroxylation is 1. The minimum atomic E-state index is 0.145. The molecule has 1 aromatic rings. The lowest BCUT2D eigenvalue weighted by Crippen LogP contribution is -2.14. The average molecular weight is 284 g/mol. The summed E-state index contributed by atoms with van der Waals surface area (Å²) < 4.78 is 0. The fraction of sp³-hybridized carbons (Fsp3) is 0.619. The van der Waals surface area contributed by atoms with Crippen molar-refractivity contribution in [3.8, 4) is 0 Å². The van der Waals surface area contributed by atoms with Crippen LogP contribution in [-0.2, 0) is 11.8 Å². The average Bonchev–Trinajstić information content (AvgIpc) is 3.20. The molecule has 2 unspecified atom stereocenters. The summed E-state index contributed by atoms with van der Waals surface area (Å²) in [6.45, 7) is 11.6. The first kappa shape index (κ1) is 16.3. The Morgan fingerprint density at radius 3 is 2.48 bits per heavy atom. The molecule has 1 saturated carbocycles. The van der Waals surface area contributed by atoms with Crippen molar-refractivity contribution in [2.45, 2.75) is 78.1 Å². The van der Waals surface area contributed by atoms with Crippen molar-refractivity contribution in [2.24, 2.45) is 5.92 Å². The zero-order valence-electron chi connectivity index (χ0n) is 14.6. The molecule has 0 nitrogen and oxygen atoms in total. The van der Waals surface area contributed by atoms with E-state index < -0.39 is 0 Å². The molecule has 0 aromatic heterocycles. The Kier molecular flexibility index (Phi) is 5.30. The van der Waals surface area contributed by atoms with Gasteiger partial charge in [0.25, 0.3) is 0 Å². The SMILES string of the molecule is CCCC/C=C/C(C)(C)c1cc(CC)cc(C2CC2C)c1. The van der Waals surface area contributed by atoms with Gasteiger partial charge in [-0.2, -0.15) is 0 Å². The standard InChI is InChI=1S/C21H32/c1-6-8-9-10-11-21(4,5)19-14-17(7-2)13-18(15-19)20-12-16(20)3/h10-11,13-16,20H,6-9,12H2,1-5H3/b11-10+. The molecule has 2 atom stereocenters. The van der Waals surface area contributed by atoms with E-state index in [0.29, 0.717) is 0 Å². The Labute approximate surface area is 131 Å². The minimum absolute atomic E-state index is 0.145. The second kappa shape index (κ2) is 6.81. The molecule has 0 heteroatoms. The van der Waals surface area contributed by atoms with Crippen molar-refractivity contribution >= 4 is 0 Å². The zero-order valence-corrected chi connectivity index (χ0v) is 14.6. The molecule has 0 spiro atoms. The summed E-state index contributed by atoms with van der Waals surface area (Å²) >= 11 is 0. The van der Waals surface area contributed by atoms with Crippen LogP contribution in [0.2, 0.25) is 0 Å². The van der Waals surface area contributed by atoms with Crippen LogP contribution in [0.3, 0.4) is 0 Å². The Hall–Kier alpha value is -1.04. The van der Waals surface area contributed by atoms with Gasteiger partial charge < -0.3 is 0 Å². The van der Waals surface area contributed by atoms with Gasteiger partial charge in [0.2, 0.25) is 0 Å². The molecule has 1 fully saturated rings. The molecule has 0 radical (unpaired) electrons. The third-order valence-electron chi connectivity index (χ3n) is 4.96. The van der Waals surface area contributed by atoms with Gasteiger partial charge in [-0.3, -0.25) is 0 Å². The van der Waals surface area contributed by atoms with Gasteiger partial charge in [0.05, 0.1) is 0 Å². The first-order valence-corrected chi connectivity index (χ1v) is 8.80. The Morgan fingerprint density at radius 2 is 1.90 bits per heavy atom. The van der Waals surface area contributed by atoms with Gasteiger partial charge >= 0.3 is 0 Å². The predicted octanol–water partition coefficient (Wildman–Crippen LogP) is 6.40. The predicted molar refractivity (Wildman–Crippen MR) is 94.0 cm³/mol. The highest BCUT2D eigenvalue weighted by Crippen LogP contribution is 2.47. The highest BCUT2D eigenvalue weighted by Gasteiger charge is 2.34. The molecule has 21 heavy (non-hydrogen) atoms. The Bertz CT molecular complexity index is 493. The van der Waals surface area contributed by atoms with Crippen LogP contribution in [0.4, 0.5) is 0 Å². The summed E-state index contributed by atoms with van der Waals surface area (Å²) in [4.78, 5) is 0. The summed E-state index contributed by atoms with van der Waals surface area (Å²) in [5, 5.41) is 0. The quantitative estimate of drug-likeness (QED) is 0.401. The van der Waals surface area contributed by atoms with E-state index in [1.54, 1.807) is 5.56 Å². The van der Waals surface area contributed by atoms with Crippen LogP contribution < -0.4 is 0 Å². The van der Waals surface area contributed by atoms with Crippen LogP contribution in [0, 0.1) is 5.92 Å². The maximum Gasteiger partial charge on any atom is 0.00755 e. The van der Waals surface area contributed by atoms with E-state index in [4.69, 9.17) is 0 Å². The van der Waals surface area contributed by atoms with Gasteiger partial charge in [-0.05, 0) is 47.8 Å². The highest BCUT2D eigenvalue weighted by molar-refractivity contribution is 5.40. The molecule has 1 aromatic carbocycles. The molecule has 116 valence electrons. The maximum absolute atomic E-state index is 2.47. The van der Waals surface area contributed by atoms with Gasteiger partial charge in [-0.25, -0.2) is 0 Å². The van der Waals surface area contributed by atoms with E-state index in [-0.39, 0.29) is 5.41 Å². The van der Waals surface area contributed by atoms with Crippen LogP contribution >= 0.6 is 0 Å². The van der Waals surface area contributed by atoms with Crippen molar-refractivity contribution in [3.63, 3.8) is 0 Å². The Morgan fingerprint density at radius 1 is 1.19 bits per heavy atom. The summed E-state index contributed by atoms with van der Waals surface area (Å²) in [6.07, 6.45) is 11.1. The summed E-state index contributed by atoms with van der Waals surface area (Å²) in [5.74, 6) is 1.70. The zero-order chi connectivity index (χ0) is 15.5. The van der Waals surface area contributed by atoms with E-state index in [1.807, 2.05) is 0 Å². The summed E-state index contributed by atoms with van der Waals surface area (Å²) in [6, 6.07) is 7.33. The van der Waals surface area contributed by atoms with Gasteiger partial charge in [-0.15, -0.1) is 0 Å². The molecule has 2 rings (SSSR count). The fourth-order valence-corrected chi connectivity index (χ4v) is 3.09.